The Morgan fingerprint density at radius 2 is 1.30 bits per heavy atom. The van der Waals surface area contributed by atoms with Crippen LogP contribution < -0.4 is 11.5 Å². The maximum atomic E-state index is 13.7. The van der Waals surface area contributed by atoms with Crippen molar-refractivity contribution in [1.29, 1.82) is 0 Å². The molecule has 0 aromatic rings. The van der Waals surface area contributed by atoms with Crippen molar-refractivity contribution in [3.63, 3.8) is 0 Å². The van der Waals surface area contributed by atoms with Crippen molar-refractivity contribution in [3.8, 4) is 0 Å². The van der Waals surface area contributed by atoms with Crippen LogP contribution in [0.25, 0.3) is 0 Å². The van der Waals surface area contributed by atoms with Gasteiger partial charge in [0.25, 0.3) is 0 Å². The van der Waals surface area contributed by atoms with Crippen LogP contribution in [0.5, 0.6) is 0 Å². The first-order valence-corrected chi connectivity index (χ1v) is 10.1. The molecule has 8 nitrogen and oxygen atoms in total. The van der Waals surface area contributed by atoms with E-state index in [9.17, 15) is 18.6 Å². The Morgan fingerprint density at radius 1 is 0.926 bits per heavy atom. The third-order valence-electron chi connectivity index (χ3n) is 4.92. The van der Waals surface area contributed by atoms with E-state index in [0.29, 0.717) is 11.1 Å². The number of sulfone groups is 1. The summed E-state index contributed by atoms with van der Waals surface area (Å²) in [6.45, 7) is -0.302. The molecule has 0 amide bonds. The normalized spacial score (nSPS) is 33.7. The lowest BCUT2D eigenvalue weighted by atomic mass is 9.97. The Kier molecular flexibility index (Phi) is 6.80. The van der Waals surface area contributed by atoms with Gasteiger partial charge in [-0.2, -0.15) is 0 Å². The van der Waals surface area contributed by atoms with E-state index in [1.54, 1.807) is 24.3 Å². The van der Waals surface area contributed by atoms with E-state index in [1.807, 2.05) is 0 Å². The Balaban J connectivity index is 2.62. The molecule has 0 saturated carbocycles. The summed E-state index contributed by atoms with van der Waals surface area (Å²) in [6.07, 6.45) is 7.77. The van der Waals surface area contributed by atoms with Crippen molar-refractivity contribution in [2.24, 2.45) is 11.5 Å². The van der Waals surface area contributed by atoms with E-state index in [1.165, 1.54) is 26.4 Å². The van der Waals surface area contributed by atoms with Gasteiger partial charge in [0, 0.05) is 27.4 Å². The predicted molar refractivity (Wildman–Crippen MR) is 102 cm³/mol. The minimum absolute atomic E-state index is 0.151. The molecule has 4 atom stereocenters. The van der Waals surface area contributed by atoms with E-state index in [2.05, 4.69) is 0 Å². The average molecular weight is 400 g/mol. The van der Waals surface area contributed by atoms with Crippen molar-refractivity contribution < 1.29 is 28.1 Å². The van der Waals surface area contributed by atoms with Gasteiger partial charge in [0.05, 0.1) is 0 Å². The average Bonchev–Trinajstić information content (AvgIpc) is 2.62. The lowest BCUT2D eigenvalue weighted by molar-refractivity contribution is 0.103. The van der Waals surface area contributed by atoms with Crippen LogP contribution in [-0.4, -0.2) is 68.0 Å². The number of methoxy groups -OCH3 is 2. The molecule has 0 saturated heterocycles. The first-order chi connectivity index (χ1) is 12.7. The van der Waals surface area contributed by atoms with Gasteiger partial charge in [0.15, 0.2) is 9.74 Å². The van der Waals surface area contributed by atoms with Crippen LogP contribution in [0.15, 0.2) is 47.6 Å². The number of aliphatic hydroxyl groups excluding tert-OH is 2. The van der Waals surface area contributed by atoms with Gasteiger partial charge in [-0.25, -0.2) is 8.42 Å². The van der Waals surface area contributed by atoms with Crippen LogP contribution in [0, 0.1) is 0 Å². The fourth-order valence-electron chi connectivity index (χ4n) is 3.42. The zero-order valence-electron chi connectivity index (χ0n) is 15.5. The molecule has 0 bridgehead atoms. The van der Waals surface area contributed by atoms with Gasteiger partial charge in [-0.1, -0.05) is 24.3 Å². The minimum atomic E-state index is -4.32. The van der Waals surface area contributed by atoms with Crippen molar-refractivity contribution in [1.82, 2.24) is 0 Å². The standard InChI is InChI=1S/C18H28N2O6S/c1-25-15-5-3-13(7-9-21)11-17(15,19)27(23,24)18(20)12-14(8-10-22)4-6-16(18)26-2/h3-6,11-12,15-16,21-22H,7-10,19-20H2,1-2H3. The van der Waals surface area contributed by atoms with E-state index >= 15 is 0 Å². The lowest BCUT2D eigenvalue weighted by Crippen LogP contribution is -2.69. The molecule has 0 aromatic heterocycles. The van der Waals surface area contributed by atoms with Gasteiger partial charge >= 0.3 is 0 Å². The van der Waals surface area contributed by atoms with Gasteiger partial charge in [0.1, 0.15) is 12.2 Å². The third kappa shape index (κ3) is 3.68. The summed E-state index contributed by atoms with van der Waals surface area (Å²) < 4.78 is 38.1. The second-order valence-corrected chi connectivity index (χ2v) is 9.05. The molecule has 27 heavy (non-hydrogen) atoms. The highest BCUT2D eigenvalue weighted by Crippen LogP contribution is 2.38. The molecule has 0 aromatic carbocycles. The lowest BCUT2D eigenvalue weighted by Gasteiger charge is -2.43. The van der Waals surface area contributed by atoms with Crippen LogP contribution in [0.3, 0.4) is 0 Å². The Labute approximate surface area is 159 Å². The number of hydrogen-bond acceptors (Lipinski definition) is 8. The van der Waals surface area contributed by atoms with Gasteiger partial charge < -0.3 is 31.2 Å². The summed E-state index contributed by atoms with van der Waals surface area (Å²) in [6, 6.07) is 0. The number of rotatable bonds is 8. The monoisotopic (exact) mass is 400 g/mol. The van der Waals surface area contributed by atoms with Gasteiger partial charge in [0.2, 0.25) is 9.84 Å². The first kappa shape index (κ1) is 22.0. The Morgan fingerprint density at radius 3 is 1.59 bits per heavy atom. The molecule has 0 heterocycles. The molecular formula is C18H28N2O6S. The summed E-state index contributed by atoms with van der Waals surface area (Å²) in [5.41, 5.74) is 13.9. The summed E-state index contributed by atoms with van der Waals surface area (Å²) in [4.78, 5) is -3.92. The van der Waals surface area contributed by atoms with Gasteiger partial charge in [-0.15, -0.1) is 0 Å². The zero-order valence-corrected chi connectivity index (χ0v) is 16.4. The molecule has 6 N–H and O–H groups in total. The second kappa shape index (κ2) is 8.36. The molecule has 2 rings (SSSR count). The number of ether oxygens (including phenoxy) is 2. The second-order valence-electron chi connectivity index (χ2n) is 6.63. The molecule has 9 heteroatoms. The molecule has 2 aliphatic carbocycles. The maximum Gasteiger partial charge on any atom is 0.200 e. The van der Waals surface area contributed by atoms with Crippen LogP contribution >= 0.6 is 0 Å². The van der Waals surface area contributed by atoms with E-state index in [4.69, 9.17) is 20.9 Å². The van der Waals surface area contributed by atoms with Crippen molar-refractivity contribution in [3.05, 3.63) is 47.6 Å². The van der Waals surface area contributed by atoms with Crippen molar-refractivity contribution in [2.75, 3.05) is 27.4 Å². The smallest absolute Gasteiger partial charge is 0.200 e. The molecule has 0 radical (unpaired) electrons. The largest absolute Gasteiger partial charge is 0.396 e. The highest BCUT2D eigenvalue weighted by atomic mass is 32.2. The van der Waals surface area contributed by atoms with Gasteiger partial charge in [-0.05, 0) is 36.1 Å². The van der Waals surface area contributed by atoms with Crippen molar-refractivity contribution in [2.45, 2.75) is 34.8 Å². The number of aliphatic hydroxyl groups is 2. The van der Waals surface area contributed by atoms with Crippen LogP contribution in [0.2, 0.25) is 0 Å². The topological polar surface area (TPSA) is 145 Å². The Bertz CT molecular complexity index is 715. The van der Waals surface area contributed by atoms with Gasteiger partial charge in [-0.3, -0.25) is 0 Å². The highest BCUT2D eigenvalue weighted by molar-refractivity contribution is 7.94. The maximum absolute atomic E-state index is 13.7. The molecule has 152 valence electrons. The SMILES string of the molecule is COC1C=CC(CCO)=CC1(N)S(=O)(=O)C1(N)C=C(CCO)C=CC1OC. The molecular weight excluding hydrogens is 372 g/mol. The summed E-state index contributed by atoms with van der Waals surface area (Å²) in [5.74, 6) is 0. The molecule has 4 unspecified atom stereocenters. The molecule has 2 aliphatic rings. The number of hydrogen-bond donors (Lipinski definition) is 4. The summed E-state index contributed by atoms with van der Waals surface area (Å²) in [5, 5.41) is 18.4. The van der Waals surface area contributed by atoms with Crippen LogP contribution in [-0.2, 0) is 19.3 Å². The third-order valence-corrected chi connectivity index (χ3v) is 7.48. The predicted octanol–water partition coefficient (Wildman–Crippen LogP) is -0.502. The Hall–Kier alpha value is -1.33. The number of nitrogens with two attached hydrogens (primary N) is 2. The molecule has 0 fully saturated rings. The van der Waals surface area contributed by atoms with E-state index in [-0.39, 0.29) is 26.1 Å². The van der Waals surface area contributed by atoms with E-state index < -0.39 is 31.8 Å². The number of allylic oxidation sites excluding steroid dienone is 2. The minimum Gasteiger partial charge on any atom is -0.396 e. The van der Waals surface area contributed by atoms with Crippen molar-refractivity contribution >= 4 is 9.84 Å². The van der Waals surface area contributed by atoms with Crippen LogP contribution in [0.4, 0.5) is 0 Å². The highest BCUT2D eigenvalue weighted by Gasteiger charge is 2.58. The van der Waals surface area contributed by atoms with Crippen LogP contribution in [0.1, 0.15) is 12.8 Å². The summed E-state index contributed by atoms with van der Waals surface area (Å²) >= 11 is 0. The van der Waals surface area contributed by atoms with E-state index in [0.717, 1.165) is 0 Å². The first-order valence-electron chi connectivity index (χ1n) is 8.59. The quantitative estimate of drug-likeness (QED) is 0.427. The summed E-state index contributed by atoms with van der Waals surface area (Å²) in [7, 11) is -1.60. The fourth-order valence-corrected chi connectivity index (χ4v) is 5.61. The molecule has 0 aliphatic heterocycles. The molecule has 0 spiro atoms. The zero-order chi connectivity index (χ0) is 20.3. The fraction of sp³-hybridized carbons (Fsp3) is 0.556.